The number of anilines is 1. The summed E-state index contributed by atoms with van der Waals surface area (Å²) >= 11 is 10.6. The summed E-state index contributed by atoms with van der Waals surface area (Å²) < 4.78 is 16.7. The second-order valence-electron chi connectivity index (χ2n) is 6.04. The van der Waals surface area contributed by atoms with E-state index in [4.69, 9.17) is 25.8 Å². The fourth-order valence-electron chi connectivity index (χ4n) is 2.87. The zero-order valence-electron chi connectivity index (χ0n) is 15.4. The Hall–Kier alpha value is -1.96. The topological polar surface area (TPSA) is 48.0 Å². The van der Waals surface area contributed by atoms with Crippen LogP contribution in [0.1, 0.15) is 5.56 Å². The lowest BCUT2D eigenvalue weighted by Gasteiger charge is -2.27. The summed E-state index contributed by atoms with van der Waals surface area (Å²) in [7, 11) is -0.799. The number of hydrogen-bond acceptors (Lipinski definition) is 5. The van der Waals surface area contributed by atoms with Crippen molar-refractivity contribution in [2.45, 2.75) is 11.4 Å². The normalized spacial score (nSPS) is 13.8. The van der Waals surface area contributed by atoms with Crippen LogP contribution in [0, 0.1) is 0 Å². The van der Waals surface area contributed by atoms with Gasteiger partial charge in [0.1, 0.15) is 18.2 Å². The van der Waals surface area contributed by atoms with Gasteiger partial charge in [-0.1, -0.05) is 30.9 Å². The van der Waals surface area contributed by atoms with Crippen molar-refractivity contribution in [3.63, 3.8) is 0 Å². The van der Waals surface area contributed by atoms with Crippen molar-refractivity contribution in [2.75, 3.05) is 30.4 Å². The van der Waals surface area contributed by atoms with E-state index in [9.17, 15) is 4.79 Å². The van der Waals surface area contributed by atoms with Gasteiger partial charge < -0.3 is 19.1 Å². The number of carbonyl (C=O) groups excluding carboxylic acids is 1. The molecule has 1 heterocycles. The number of nitrogens with zero attached hydrogens (tertiary/aromatic N) is 1. The fourth-order valence-corrected chi connectivity index (χ4v) is 4.32. The molecule has 0 saturated heterocycles. The van der Waals surface area contributed by atoms with Crippen LogP contribution >= 0.6 is 33.2 Å². The van der Waals surface area contributed by atoms with E-state index in [1.807, 2.05) is 42.7 Å². The standard InChI is InChI=1S/C20H22ClNO4S2/c1-3-8-24-16-7-5-4-6-14(16)12-22(20(23)11-21)15-9-17-18(26-13-25-17)10-19(15)28(2)27/h3-7,9-10,27-28H,1,8,11-13H2,2H3. The van der Waals surface area contributed by atoms with E-state index in [1.54, 1.807) is 11.0 Å². The van der Waals surface area contributed by atoms with Crippen LogP contribution in [-0.2, 0) is 11.3 Å². The molecule has 5 nitrogen and oxygen atoms in total. The number of para-hydroxylation sites is 1. The van der Waals surface area contributed by atoms with E-state index in [-0.39, 0.29) is 18.6 Å². The van der Waals surface area contributed by atoms with Gasteiger partial charge in [0.05, 0.1) is 12.2 Å². The van der Waals surface area contributed by atoms with E-state index < -0.39 is 9.93 Å². The Balaban J connectivity index is 2.03. The number of halogens is 1. The highest BCUT2D eigenvalue weighted by Gasteiger charge is 2.25. The van der Waals surface area contributed by atoms with Crippen molar-refractivity contribution < 1.29 is 19.0 Å². The Kier molecular flexibility index (Phi) is 7.04. The van der Waals surface area contributed by atoms with Crippen molar-refractivity contribution in [1.82, 2.24) is 0 Å². The van der Waals surface area contributed by atoms with Crippen molar-refractivity contribution >= 4 is 44.8 Å². The average molecular weight is 440 g/mol. The van der Waals surface area contributed by atoms with E-state index in [0.29, 0.717) is 30.4 Å². The highest BCUT2D eigenvalue weighted by Crippen LogP contribution is 2.49. The third-order valence-electron chi connectivity index (χ3n) is 4.18. The molecule has 0 bridgehead atoms. The number of alkyl halides is 1. The van der Waals surface area contributed by atoms with Gasteiger partial charge in [0.25, 0.3) is 0 Å². The van der Waals surface area contributed by atoms with Crippen LogP contribution in [0.2, 0.25) is 0 Å². The fraction of sp³-hybridized carbons (Fsp3) is 0.250. The summed E-state index contributed by atoms with van der Waals surface area (Å²) in [5.41, 5.74) is 1.59. The molecule has 0 fully saturated rings. The Morgan fingerprint density at radius 2 is 2.07 bits per heavy atom. The molecule has 0 radical (unpaired) electrons. The van der Waals surface area contributed by atoms with Crippen LogP contribution in [0.4, 0.5) is 5.69 Å². The maximum Gasteiger partial charge on any atom is 0.242 e. The highest BCUT2D eigenvalue weighted by molar-refractivity contribution is 8.77. The van der Waals surface area contributed by atoms with Gasteiger partial charge in [-0.3, -0.25) is 4.79 Å². The number of thiol groups is 2. The molecule has 0 saturated carbocycles. The minimum Gasteiger partial charge on any atom is -0.489 e. The largest absolute Gasteiger partial charge is 0.489 e. The molecule has 150 valence electrons. The third kappa shape index (κ3) is 4.54. The number of benzene rings is 2. The number of fused-ring (bicyclic) bond motifs is 1. The predicted molar refractivity (Wildman–Crippen MR) is 119 cm³/mol. The molecule has 3 rings (SSSR count). The molecule has 2 aromatic carbocycles. The molecule has 1 aliphatic rings. The minimum absolute atomic E-state index is 0.141. The lowest BCUT2D eigenvalue weighted by molar-refractivity contribution is -0.116. The second-order valence-corrected chi connectivity index (χ2v) is 9.63. The Bertz CT molecular complexity index is 875. The minimum atomic E-state index is -0.799. The third-order valence-corrected chi connectivity index (χ3v) is 6.11. The first kappa shape index (κ1) is 20.8. The first-order valence-electron chi connectivity index (χ1n) is 8.59. The van der Waals surface area contributed by atoms with Crippen LogP contribution in [0.15, 0.2) is 53.9 Å². The molecule has 2 aromatic rings. The number of hydrogen-bond donors (Lipinski definition) is 2. The molecule has 0 aromatic heterocycles. The van der Waals surface area contributed by atoms with Crippen molar-refractivity contribution in [3.05, 3.63) is 54.6 Å². The summed E-state index contributed by atoms with van der Waals surface area (Å²) in [6.45, 7) is 4.53. The molecule has 0 N–H and O–H groups in total. The van der Waals surface area contributed by atoms with Gasteiger partial charge in [0.2, 0.25) is 12.7 Å². The molecule has 1 aliphatic heterocycles. The van der Waals surface area contributed by atoms with Crippen LogP contribution < -0.4 is 19.1 Å². The van der Waals surface area contributed by atoms with Crippen LogP contribution in [-0.4, -0.2) is 31.4 Å². The number of amides is 1. The number of rotatable bonds is 8. The van der Waals surface area contributed by atoms with Crippen LogP contribution in [0.3, 0.4) is 0 Å². The summed E-state index contributed by atoms with van der Waals surface area (Å²) in [5, 5.41) is 0. The Morgan fingerprint density at radius 1 is 1.36 bits per heavy atom. The van der Waals surface area contributed by atoms with Crippen molar-refractivity contribution in [1.29, 1.82) is 0 Å². The number of ether oxygens (including phenoxy) is 3. The molecule has 1 atom stereocenters. The Morgan fingerprint density at radius 3 is 2.75 bits per heavy atom. The zero-order chi connectivity index (χ0) is 20.1. The molecular formula is C20H22ClNO4S2. The van der Waals surface area contributed by atoms with Gasteiger partial charge in [-0.2, -0.15) is 9.93 Å². The lowest BCUT2D eigenvalue weighted by atomic mass is 10.1. The van der Waals surface area contributed by atoms with Crippen LogP contribution in [0.25, 0.3) is 0 Å². The summed E-state index contributed by atoms with van der Waals surface area (Å²) in [5.74, 6) is 1.60. The first-order valence-corrected chi connectivity index (χ1v) is 12.1. The number of carbonyl (C=O) groups is 1. The van der Waals surface area contributed by atoms with Gasteiger partial charge in [0, 0.05) is 16.5 Å². The summed E-state index contributed by atoms with van der Waals surface area (Å²) in [4.78, 5) is 15.3. The van der Waals surface area contributed by atoms with Gasteiger partial charge in [-0.15, -0.1) is 23.3 Å². The summed E-state index contributed by atoms with van der Waals surface area (Å²) in [6.07, 6.45) is 3.68. The second kappa shape index (κ2) is 9.49. The summed E-state index contributed by atoms with van der Waals surface area (Å²) in [6, 6.07) is 11.3. The first-order chi connectivity index (χ1) is 13.5. The van der Waals surface area contributed by atoms with E-state index >= 15 is 0 Å². The highest BCUT2D eigenvalue weighted by atomic mass is 35.5. The molecule has 8 heteroatoms. The maximum absolute atomic E-state index is 12.8. The Labute approximate surface area is 177 Å². The van der Waals surface area contributed by atoms with Crippen molar-refractivity contribution in [3.8, 4) is 17.2 Å². The monoisotopic (exact) mass is 439 g/mol. The molecule has 0 aliphatic carbocycles. The average Bonchev–Trinajstić information content (AvgIpc) is 3.17. The van der Waals surface area contributed by atoms with Gasteiger partial charge in [-0.25, -0.2) is 0 Å². The zero-order valence-corrected chi connectivity index (χ0v) is 18.0. The molecule has 1 amide bonds. The SMILES string of the molecule is C=CCOc1ccccc1CN(C(=O)CCl)c1cc2c(cc1[SH](C)S)OCO2. The lowest BCUT2D eigenvalue weighted by Crippen LogP contribution is -2.32. The maximum atomic E-state index is 12.8. The molecular weight excluding hydrogens is 418 g/mol. The van der Waals surface area contributed by atoms with Gasteiger partial charge in [0.15, 0.2) is 11.5 Å². The molecule has 1 unspecified atom stereocenters. The smallest absolute Gasteiger partial charge is 0.242 e. The van der Waals surface area contributed by atoms with E-state index in [1.165, 1.54) is 0 Å². The molecule has 28 heavy (non-hydrogen) atoms. The molecule has 0 spiro atoms. The van der Waals surface area contributed by atoms with Gasteiger partial charge in [-0.05, 0) is 18.4 Å². The van der Waals surface area contributed by atoms with E-state index in [2.05, 4.69) is 18.2 Å². The van der Waals surface area contributed by atoms with E-state index in [0.717, 1.165) is 16.1 Å². The van der Waals surface area contributed by atoms with Crippen LogP contribution in [0.5, 0.6) is 17.2 Å². The van der Waals surface area contributed by atoms with Gasteiger partial charge >= 0.3 is 0 Å². The van der Waals surface area contributed by atoms with Crippen molar-refractivity contribution in [2.24, 2.45) is 0 Å². The predicted octanol–water partition coefficient (Wildman–Crippen LogP) is 4.59. The quantitative estimate of drug-likeness (QED) is 0.273.